The van der Waals surface area contributed by atoms with Gasteiger partial charge >= 0.3 is 0 Å². The quantitative estimate of drug-likeness (QED) is 0.824. The molecule has 1 amide bonds. The second-order valence-electron chi connectivity index (χ2n) is 7.41. The van der Waals surface area contributed by atoms with Gasteiger partial charge in [-0.2, -0.15) is 4.31 Å². The Balaban J connectivity index is 1.51. The Morgan fingerprint density at radius 3 is 2.82 bits per heavy atom. The largest absolute Gasteiger partial charge is 0.379 e. The van der Waals surface area contributed by atoms with Crippen LogP contribution in [-0.2, 0) is 27.6 Å². The zero-order valence-electron chi connectivity index (χ0n) is 15.8. The van der Waals surface area contributed by atoms with Crippen LogP contribution in [0.25, 0.3) is 0 Å². The van der Waals surface area contributed by atoms with E-state index in [1.54, 1.807) is 29.5 Å². The average molecular weight is 421 g/mol. The van der Waals surface area contributed by atoms with Crippen LogP contribution in [0.2, 0.25) is 0 Å². The molecule has 0 radical (unpaired) electrons. The van der Waals surface area contributed by atoms with E-state index < -0.39 is 10.0 Å². The number of carbonyl (C=O) groups is 1. The molecule has 1 aromatic heterocycles. The van der Waals surface area contributed by atoms with E-state index in [4.69, 9.17) is 4.74 Å². The summed E-state index contributed by atoms with van der Waals surface area (Å²) >= 11 is 1.54. The molecule has 1 atom stereocenters. The number of rotatable bonds is 4. The second-order valence-corrected chi connectivity index (χ2v) is 10.5. The van der Waals surface area contributed by atoms with Gasteiger partial charge in [0, 0.05) is 23.7 Å². The van der Waals surface area contributed by atoms with Crippen LogP contribution in [0.15, 0.2) is 35.2 Å². The van der Waals surface area contributed by atoms with Crippen molar-refractivity contribution in [3.05, 3.63) is 45.6 Å². The monoisotopic (exact) mass is 420 g/mol. The number of sulfonamides is 1. The van der Waals surface area contributed by atoms with Crippen molar-refractivity contribution in [1.82, 2.24) is 4.31 Å². The first-order valence-electron chi connectivity index (χ1n) is 9.54. The van der Waals surface area contributed by atoms with Gasteiger partial charge in [-0.3, -0.25) is 4.79 Å². The number of ether oxygens (including phenoxy) is 1. The number of amides is 1. The molecule has 2 aliphatic rings. The molecule has 1 aromatic carbocycles. The molecule has 1 saturated heterocycles. The van der Waals surface area contributed by atoms with Gasteiger partial charge in [0.05, 0.1) is 23.0 Å². The van der Waals surface area contributed by atoms with Crippen molar-refractivity contribution in [1.29, 1.82) is 0 Å². The molecule has 2 aromatic rings. The highest BCUT2D eigenvalue weighted by Gasteiger charge is 2.27. The van der Waals surface area contributed by atoms with Gasteiger partial charge in [-0.1, -0.05) is 13.0 Å². The van der Waals surface area contributed by atoms with Gasteiger partial charge in [-0.25, -0.2) is 8.42 Å². The number of anilines is 1. The minimum atomic E-state index is -3.59. The molecule has 1 aliphatic carbocycles. The molecule has 28 heavy (non-hydrogen) atoms. The molecular weight excluding hydrogens is 396 g/mol. The Morgan fingerprint density at radius 2 is 2.04 bits per heavy atom. The van der Waals surface area contributed by atoms with Crippen LogP contribution in [-0.4, -0.2) is 44.9 Å². The van der Waals surface area contributed by atoms with Crippen molar-refractivity contribution >= 4 is 33.0 Å². The lowest BCUT2D eigenvalue weighted by Gasteiger charge is -2.26. The maximum absolute atomic E-state index is 12.8. The van der Waals surface area contributed by atoms with E-state index in [-0.39, 0.29) is 10.8 Å². The van der Waals surface area contributed by atoms with E-state index in [2.05, 4.69) is 12.2 Å². The van der Waals surface area contributed by atoms with Gasteiger partial charge < -0.3 is 10.1 Å². The summed E-state index contributed by atoms with van der Waals surface area (Å²) in [6.07, 6.45) is 3.21. The lowest BCUT2D eigenvalue weighted by atomic mass is 9.90. The van der Waals surface area contributed by atoms with Crippen LogP contribution in [0.5, 0.6) is 0 Å². The summed E-state index contributed by atoms with van der Waals surface area (Å²) in [5.74, 6) is 0.466. The first-order chi connectivity index (χ1) is 13.4. The van der Waals surface area contributed by atoms with Gasteiger partial charge in [-0.05, 0) is 55.0 Å². The van der Waals surface area contributed by atoms with Crippen molar-refractivity contribution in [2.24, 2.45) is 5.92 Å². The third-order valence-electron chi connectivity index (χ3n) is 5.25. The summed E-state index contributed by atoms with van der Waals surface area (Å²) in [5, 5.41) is 2.86. The molecule has 150 valence electrons. The molecule has 1 fully saturated rings. The predicted octanol–water partition coefficient (Wildman–Crippen LogP) is 3.15. The summed E-state index contributed by atoms with van der Waals surface area (Å²) < 4.78 is 32.3. The van der Waals surface area contributed by atoms with Crippen molar-refractivity contribution < 1.29 is 17.9 Å². The van der Waals surface area contributed by atoms with Gasteiger partial charge in [0.25, 0.3) is 5.91 Å². The molecule has 1 aliphatic heterocycles. The van der Waals surface area contributed by atoms with Crippen LogP contribution in [0, 0.1) is 5.92 Å². The Labute approximate surface area is 169 Å². The van der Waals surface area contributed by atoms with E-state index in [1.807, 2.05) is 6.07 Å². The maximum Gasteiger partial charge on any atom is 0.265 e. The molecular formula is C20H24N2O4S2. The highest BCUT2D eigenvalue weighted by atomic mass is 32.2. The number of benzene rings is 1. The van der Waals surface area contributed by atoms with Crippen LogP contribution in [0.1, 0.15) is 33.5 Å². The highest BCUT2D eigenvalue weighted by molar-refractivity contribution is 7.89. The number of hydrogen-bond donors (Lipinski definition) is 1. The highest BCUT2D eigenvalue weighted by Crippen LogP contribution is 2.32. The Hall–Kier alpha value is -1.74. The van der Waals surface area contributed by atoms with E-state index in [9.17, 15) is 13.2 Å². The third kappa shape index (κ3) is 4.00. The Bertz CT molecular complexity index is 978. The first-order valence-corrected chi connectivity index (χ1v) is 11.8. The lowest BCUT2D eigenvalue weighted by Crippen LogP contribution is -2.40. The summed E-state index contributed by atoms with van der Waals surface area (Å²) in [5.41, 5.74) is 1.76. The number of aryl methyl sites for hydroxylation is 1. The topological polar surface area (TPSA) is 75.7 Å². The van der Waals surface area contributed by atoms with Crippen LogP contribution in [0.3, 0.4) is 0 Å². The lowest BCUT2D eigenvalue weighted by molar-refractivity contribution is 0.0730. The minimum absolute atomic E-state index is 0.187. The fourth-order valence-corrected chi connectivity index (χ4v) is 6.24. The van der Waals surface area contributed by atoms with E-state index in [0.29, 0.717) is 42.8 Å². The van der Waals surface area contributed by atoms with Crippen molar-refractivity contribution in [2.45, 2.75) is 31.1 Å². The molecule has 6 nitrogen and oxygen atoms in total. The molecule has 0 spiro atoms. The summed E-state index contributed by atoms with van der Waals surface area (Å²) in [6, 6.07) is 8.44. The van der Waals surface area contributed by atoms with Crippen LogP contribution in [0.4, 0.5) is 5.69 Å². The molecule has 0 saturated carbocycles. The molecule has 0 bridgehead atoms. The SMILES string of the molecule is C[C@@H]1CCc2sc(C(=O)Nc3cccc(S(=O)(=O)N4CCOCC4)c3)cc2C1. The second kappa shape index (κ2) is 7.94. The fraction of sp³-hybridized carbons (Fsp3) is 0.450. The molecule has 1 N–H and O–H groups in total. The van der Waals surface area contributed by atoms with Gasteiger partial charge in [0.1, 0.15) is 0 Å². The van der Waals surface area contributed by atoms with Gasteiger partial charge in [0.2, 0.25) is 10.0 Å². The average Bonchev–Trinajstić information content (AvgIpc) is 3.12. The number of morpholine rings is 1. The number of nitrogens with one attached hydrogen (secondary N) is 1. The van der Waals surface area contributed by atoms with Gasteiger partial charge in [0.15, 0.2) is 0 Å². The zero-order valence-corrected chi connectivity index (χ0v) is 17.4. The number of nitrogens with zero attached hydrogens (tertiary/aromatic N) is 1. The van der Waals surface area contributed by atoms with Crippen LogP contribution >= 0.6 is 11.3 Å². The summed E-state index contributed by atoms with van der Waals surface area (Å²) in [4.78, 5) is 14.9. The standard InChI is InChI=1S/C20H24N2O4S2/c1-14-5-6-18-15(11-14)12-19(27-18)20(23)21-16-3-2-4-17(13-16)28(24,25)22-7-9-26-10-8-22/h2-4,12-14H,5-11H2,1H3,(H,21,23)/t14-/m1/s1. The molecule has 2 heterocycles. The first kappa shape index (κ1) is 19.6. The number of thiophene rings is 1. The van der Waals surface area contributed by atoms with Gasteiger partial charge in [-0.15, -0.1) is 11.3 Å². The smallest absolute Gasteiger partial charge is 0.265 e. The summed E-state index contributed by atoms with van der Waals surface area (Å²) in [7, 11) is -3.59. The van der Waals surface area contributed by atoms with Crippen LogP contribution < -0.4 is 5.32 Å². The molecule has 0 unspecified atom stereocenters. The maximum atomic E-state index is 12.8. The Morgan fingerprint density at radius 1 is 1.25 bits per heavy atom. The van der Waals surface area contributed by atoms with Crippen molar-refractivity contribution in [2.75, 3.05) is 31.6 Å². The summed E-state index contributed by atoms with van der Waals surface area (Å²) in [6.45, 7) is 3.73. The number of fused-ring (bicyclic) bond motifs is 1. The van der Waals surface area contributed by atoms with Crippen molar-refractivity contribution in [3.63, 3.8) is 0 Å². The molecule has 8 heteroatoms. The zero-order chi connectivity index (χ0) is 19.7. The van der Waals surface area contributed by atoms with E-state index in [0.717, 1.165) is 19.3 Å². The number of hydrogen-bond acceptors (Lipinski definition) is 5. The van der Waals surface area contributed by atoms with E-state index in [1.165, 1.54) is 20.8 Å². The number of carbonyl (C=O) groups excluding carboxylic acids is 1. The third-order valence-corrected chi connectivity index (χ3v) is 8.38. The fourth-order valence-electron chi connectivity index (χ4n) is 3.68. The van der Waals surface area contributed by atoms with Crippen molar-refractivity contribution in [3.8, 4) is 0 Å². The Kier molecular flexibility index (Phi) is 5.55. The normalized spacial score (nSPS) is 20.5. The predicted molar refractivity (Wildman–Crippen MR) is 109 cm³/mol. The minimum Gasteiger partial charge on any atom is -0.379 e. The van der Waals surface area contributed by atoms with E-state index >= 15 is 0 Å². The molecule has 4 rings (SSSR count).